The summed E-state index contributed by atoms with van der Waals surface area (Å²) in [6, 6.07) is 3.80. The van der Waals surface area contributed by atoms with Gasteiger partial charge in [-0.05, 0) is 86.6 Å². The third-order valence-electron chi connectivity index (χ3n) is 8.73. The molecule has 6 atom stereocenters. The summed E-state index contributed by atoms with van der Waals surface area (Å²) >= 11 is 0. The van der Waals surface area contributed by atoms with Crippen molar-refractivity contribution in [2.45, 2.75) is 95.1 Å². The molecule has 0 aromatic heterocycles. The SMILES string of the molecule is COc1cc2c(cc1O)C(CCCO)C#CC(C(O)CCCCC1CNC3CC(=O)CCC3C1)C(=O)CC2. The van der Waals surface area contributed by atoms with Crippen molar-refractivity contribution in [2.75, 3.05) is 20.3 Å². The molecule has 2 fully saturated rings. The van der Waals surface area contributed by atoms with Crippen LogP contribution in [0.3, 0.4) is 0 Å². The summed E-state index contributed by atoms with van der Waals surface area (Å²) in [7, 11) is 1.50. The number of phenols is 1. The fourth-order valence-corrected chi connectivity index (χ4v) is 6.51. The number of aryl methyl sites for hydroxylation is 1. The van der Waals surface area contributed by atoms with Gasteiger partial charge in [-0.2, -0.15) is 0 Å². The number of carbonyl (C=O) groups is 2. The molecule has 208 valence electrons. The first kappa shape index (κ1) is 28.6. The van der Waals surface area contributed by atoms with Crippen LogP contribution in [0.1, 0.15) is 87.7 Å². The minimum absolute atomic E-state index is 0.0323. The van der Waals surface area contributed by atoms with Crippen LogP contribution in [-0.2, 0) is 16.0 Å². The van der Waals surface area contributed by atoms with E-state index in [1.807, 2.05) is 0 Å². The quantitative estimate of drug-likeness (QED) is 0.272. The average Bonchev–Trinajstić information content (AvgIpc) is 2.97. The lowest BCUT2D eigenvalue weighted by molar-refractivity contribution is -0.124. The number of aliphatic hydroxyl groups is 2. The van der Waals surface area contributed by atoms with Gasteiger partial charge in [-0.3, -0.25) is 9.59 Å². The third kappa shape index (κ3) is 7.16. The van der Waals surface area contributed by atoms with E-state index in [-0.39, 0.29) is 30.5 Å². The zero-order valence-corrected chi connectivity index (χ0v) is 22.6. The summed E-state index contributed by atoms with van der Waals surface area (Å²) in [6.45, 7) is 0.996. The molecule has 7 nitrogen and oxygen atoms in total. The van der Waals surface area contributed by atoms with Crippen molar-refractivity contribution in [3.8, 4) is 23.3 Å². The maximum atomic E-state index is 13.1. The number of nitrogens with one attached hydrogen (secondary N) is 1. The molecule has 0 bridgehead atoms. The highest BCUT2D eigenvalue weighted by Gasteiger charge is 2.34. The second-order valence-electron chi connectivity index (χ2n) is 11.4. The fraction of sp³-hybridized carbons (Fsp3) is 0.677. The Labute approximate surface area is 226 Å². The van der Waals surface area contributed by atoms with E-state index in [4.69, 9.17) is 4.74 Å². The van der Waals surface area contributed by atoms with Crippen LogP contribution >= 0.6 is 0 Å². The van der Waals surface area contributed by atoms with Gasteiger partial charge in [-0.1, -0.05) is 24.7 Å². The van der Waals surface area contributed by atoms with E-state index in [1.54, 1.807) is 12.1 Å². The van der Waals surface area contributed by atoms with Crippen molar-refractivity contribution in [3.63, 3.8) is 0 Å². The van der Waals surface area contributed by atoms with Crippen LogP contribution < -0.4 is 10.1 Å². The van der Waals surface area contributed by atoms with Gasteiger partial charge >= 0.3 is 0 Å². The lowest BCUT2D eigenvalue weighted by atomic mass is 9.74. The van der Waals surface area contributed by atoms with Gasteiger partial charge in [0, 0.05) is 37.8 Å². The van der Waals surface area contributed by atoms with Crippen molar-refractivity contribution in [1.82, 2.24) is 5.32 Å². The van der Waals surface area contributed by atoms with Crippen LogP contribution in [0.4, 0.5) is 0 Å². The van der Waals surface area contributed by atoms with E-state index in [0.717, 1.165) is 49.8 Å². The molecule has 0 amide bonds. The van der Waals surface area contributed by atoms with Crippen LogP contribution in [0.5, 0.6) is 11.5 Å². The number of ether oxygens (including phenoxy) is 1. The molecule has 1 aliphatic heterocycles. The standard InChI is InChI=1S/C31H43NO6/c1-38-31-16-22-10-13-29(36)25(12-9-21(6-4-14-33)26(22)18-30(31)37)28(35)7-3-2-5-20-15-23-8-11-24(34)17-27(23)32-19-20/h16,18,20-21,23,25,27-28,32-33,35,37H,2-8,10-11,13-15,17,19H2,1H3. The van der Waals surface area contributed by atoms with Crippen molar-refractivity contribution in [2.24, 2.45) is 17.8 Å². The molecule has 6 unspecified atom stereocenters. The van der Waals surface area contributed by atoms with Gasteiger partial charge in [0.1, 0.15) is 11.7 Å². The molecule has 1 heterocycles. The van der Waals surface area contributed by atoms with Crippen molar-refractivity contribution in [1.29, 1.82) is 0 Å². The summed E-state index contributed by atoms with van der Waals surface area (Å²) < 4.78 is 5.28. The predicted octanol–water partition coefficient (Wildman–Crippen LogP) is 3.66. The fourth-order valence-electron chi connectivity index (χ4n) is 6.51. The summed E-state index contributed by atoms with van der Waals surface area (Å²) in [4.78, 5) is 24.9. The maximum Gasteiger partial charge on any atom is 0.160 e. The second-order valence-corrected chi connectivity index (χ2v) is 11.4. The zero-order chi connectivity index (χ0) is 27.1. The third-order valence-corrected chi connectivity index (χ3v) is 8.73. The van der Waals surface area contributed by atoms with E-state index in [9.17, 15) is 24.9 Å². The molecule has 3 aliphatic rings. The molecule has 7 heteroatoms. The molecule has 1 saturated heterocycles. The van der Waals surface area contributed by atoms with Gasteiger partial charge in [0.2, 0.25) is 0 Å². The minimum atomic E-state index is -0.809. The summed E-state index contributed by atoms with van der Waals surface area (Å²) in [6.07, 6.45) is 8.14. The Balaban J connectivity index is 1.34. The molecular weight excluding hydrogens is 482 g/mol. The number of phenolic OH excluding ortho intramolecular Hbond substituents is 1. The van der Waals surface area contributed by atoms with Crippen LogP contribution in [0, 0.1) is 29.6 Å². The van der Waals surface area contributed by atoms with Crippen molar-refractivity contribution < 1.29 is 29.6 Å². The number of unbranched alkanes of at least 4 members (excludes halogenated alkanes) is 1. The summed E-state index contributed by atoms with van der Waals surface area (Å²) in [5.74, 6) is 7.29. The highest BCUT2D eigenvalue weighted by molar-refractivity contribution is 5.85. The van der Waals surface area contributed by atoms with Gasteiger partial charge in [0.05, 0.1) is 13.2 Å². The number of carbonyl (C=O) groups excluding carboxylic acids is 2. The number of aromatic hydroxyl groups is 1. The van der Waals surface area contributed by atoms with Gasteiger partial charge in [0.25, 0.3) is 0 Å². The van der Waals surface area contributed by atoms with Crippen LogP contribution in [0.2, 0.25) is 0 Å². The van der Waals surface area contributed by atoms with Gasteiger partial charge in [-0.25, -0.2) is 0 Å². The Morgan fingerprint density at radius 2 is 1.95 bits per heavy atom. The van der Waals surface area contributed by atoms with E-state index < -0.39 is 12.0 Å². The molecule has 2 aliphatic carbocycles. The lowest BCUT2D eigenvalue weighted by Crippen LogP contribution is -2.48. The Hall–Kier alpha value is -2.40. The van der Waals surface area contributed by atoms with Crippen LogP contribution in [0.15, 0.2) is 12.1 Å². The van der Waals surface area contributed by atoms with Crippen LogP contribution in [0.25, 0.3) is 0 Å². The predicted molar refractivity (Wildman–Crippen MR) is 145 cm³/mol. The number of rotatable bonds is 10. The van der Waals surface area contributed by atoms with Crippen molar-refractivity contribution in [3.05, 3.63) is 23.3 Å². The Morgan fingerprint density at radius 1 is 1.11 bits per heavy atom. The van der Waals surface area contributed by atoms with E-state index in [0.29, 0.717) is 61.5 Å². The zero-order valence-electron chi connectivity index (χ0n) is 22.6. The summed E-state index contributed by atoms with van der Waals surface area (Å²) in [5.41, 5.74) is 1.77. The number of fused-ring (bicyclic) bond motifs is 2. The van der Waals surface area contributed by atoms with E-state index in [1.165, 1.54) is 13.5 Å². The highest BCUT2D eigenvalue weighted by atomic mass is 16.5. The number of ketones is 2. The average molecular weight is 526 g/mol. The number of hydrogen-bond acceptors (Lipinski definition) is 7. The van der Waals surface area contributed by atoms with E-state index >= 15 is 0 Å². The molecule has 38 heavy (non-hydrogen) atoms. The Bertz CT molecular complexity index is 1040. The van der Waals surface area contributed by atoms with Gasteiger partial charge in [-0.15, -0.1) is 0 Å². The molecule has 1 saturated carbocycles. The highest BCUT2D eigenvalue weighted by Crippen LogP contribution is 2.37. The number of piperidine rings is 1. The second kappa shape index (κ2) is 13.6. The lowest BCUT2D eigenvalue weighted by Gasteiger charge is -2.39. The normalized spacial score (nSPS) is 28.1. The molecule has 0 spiro atoms. The molecular formula is C31H43NO6. The Kier molecular flexibility index (Phi) is 10.2. The van der Waals surface area contributed by atoms with Gasteiger partial charge < -0.3 is 25.4 Å². The Morgan fingerprint density at radius 3 is 2.74 bits per heavy atom. The molecule has 4 N–H and O–H groups in total. The number of aliphatic hydroxyl groups excluding tert-OH is 2. The van der Waals surface area contributed by atoms with E-state index in [2.05, 4.69) is 17.2 Å². The minimum Gasteiger partial charge on any atom is -0.504 e. The first-order valence-corrected chi connectivity index (χ1v) is 14.4. The van der Waals surface area contributed by atoms with Crippen molar-refractivity contribution >= 4 is 11.6 Å². The first-order valence-electron chi connectivity index (χ1n) is 14.4. The number of Topliss-reactive ketones (excluding diaryl/α,β-unsaturated/α-hetero) is 2. The molecule has 0 radical (unpaired) electrons. The van der Waals surface area contributed by atoms with Crippen LogP contribution in [-0.4, -0.2) is 59.3 Å². The topological polar surface area (TPSA) is 116 Å². The summed E-state index contributed by atoms with van der Waals surface area (Å²) in [5, 5.41) is 34.4. The monoisotopic (exact) mass is 525 g/mol. The first-order chi connectivity index (χ1) is 18.4. The molecule has 1 aromatic rings. The largest absolute Gasteiger partial charge is 0.504 e. The van der Waals surface area contributed by atoms with Gasteiger partial charge in [0.15, 0.2) is 17.3 Å². The number of methoxy groups -OCH3 is 1. The maximum absolute atomic E-state index is 13.1. The number of hydrogen-bond donors (Lipinski definition) is 4. The smallest absolute Gasteiger partial charge is 0.160 e. The molecule has 4 rings (SSSR count). The number of benzene rings is 1. The molecule has 1 aromatic carbocycles.